The molecule has 0 spiro atoms. The first kappa shape index (κ1) is 15.9. The molecule has 0 aliphatic carbocycles. The SMILES string of the molecule is CCC(C)C1NC(=O)CC(C)N(Cc2nc(C)cs2)C1=O. The monoisotopic (exact) mass is 309 g/mol. The van der Waals surface area contributed by atoms with Crippen LogP contribution in [-0.4, -0.2) is 33.8 Å². The fourth-order valence-electron chi connectivity index (χ4n) is 2.54. The minimum Gasteiger partial charge on any atom is -0.344 e. The second-order valence-electron chi connectivity index (χ2n) is 5.83. The summed E-state index contributed by atoms with van der Waals surface area (Å²) in [5, 5.41) is 5.79. The molecule has 3 atom stereocenters. The molecule has 0 saturated carbocycles. The Morgan fingerprint density at radius 2 is 2.24 bits per heavy atom. The van der Waals surface area contributed by atoms with Crippen LogP contribution >= 0.6 is 11.3 Å². The van der Waals surface area contributed by atoms with Crippen LogP contribution in [0.5, 0.6) is 0 Å². The Hall–Kier alpha value is -1.43. The number of thiazole rings is 1. The molecule has 116 valence electrons. The van der Waals surface area contributed by atoms with Crippen molar-refractivity contribution in [3.8, 4) is 0 Å². The molecule has 5 nitrogen and oxygen atoms in total. The number of aromatic nitrogens is 1. The third kappa shape index (κ3) is 3.61. The molecule has 1 fully saturated rings. The van der Waals surface area contributed by atoms with Crippen LogP contribution in [0.4, 0.5) is 0 Å². The number of nitrogens with one attached hydrogen (secondary N) is 1. The van der Waals surface area contributed by atoms with Gasteiger partial charge in [0.2, 0.25) is 11.8 Å². The maximum absolute atomic E-state index is 12.8. The molecule has 0 bridgehead atoms. The molecule has 1 aliphatic heterocycles. The summed E-state index contributed by atoms with van der Waals surface area (Å²) in [6.45, 7) is 8.40. The largest absolute Gasteiger partial charge is 0.344 e. The van der Waals surface area contributed by atoms with Crippen LogP contribution in [0.2, 0.25) is 0 Å². The van der Waals surface area contributed by atoms with Crippen molar-refractivity contribution in [2.24, 2.45) is 5.92 Å². The fourth-order valence-corrected chi connectivity index (χ4v) is 3.31. The summed E-state index contributed by atoms with van der Waals surface area (Å²) in [6.07, 6.45) is 1.21. The topological polar surface area (TPSA) is 62.3 Å². The van der Waals surface area contributed by atoms with Gasteiger partial charge in [-0.3, -0.25) is 9.59 Å². The van der Waals surface area contributed by atoms with Gasteiger partial charge in [-0.25, -0.2) is 4.98 Å². The van der Waals surface area contributed by atoms with E-state index in [0.29, 0.717) is 13.0 Å². The molecule has 2 amide bonds. The molecular weight excluding hydrogens is 286 g/mol. The Morgan fingerprint density at radius 1 is 1.52 bits per heavy atom. The molecule has 0 aromatic carbocycles. The van der Waals surface area contributed by atoms with E-state index < -0.39 is 6.04 Å². The summed E-state index contributed by atoms with van der Waals surface area (Å²) in [6, 6.07) is -0.524. The summed E-state index contributed by atoms with van der Waals surface area (Å²) in [5.74, 6) is 0.0989. The van der Waals surface area contributed by atoms with E-state index in [4.69, 9.17) is 0 Å². The van der Waals surface area contributed by atoms with Crippen LogP contribution in [0.15, 0.2) is 5.38 Å². The van der Waals surface area contributed by atoms with Crippen LogP contribution in [0.1, 0.15) is 44.3 Å². The van der Waals surface area contributed by atoms with Gasteiger partial charge in [-0.05, 0) is 19.8 Å². The minimum absolute atomic E-state index is 0.00977. The molecule has 21 heavy (non-hydrogen) atoms. The summed E-state index contributed by atoms with van der Waals surface area (Å²) in [7, 11) is 0. The molecule has 1 saturated heterocycles. The predicted molar refractivity (Wildman–Crippen MR) is 82.9 cm³/mol. The van der Waals surface area contributed by atoms with Gasteiger partial charge in [0.05, 0.1) is 6.54 Å². The molecular formula is C15H23N3O2S. The molecule has 6 heteroatoms. The number of carbonyl (C=O) groups is 2. The zero-order valence-electron chi connectivity index (χ0n) is 13.0. The van der Waals surface area contributed by atoms with Crippen molar-refractivity contribution in [3.05, 3.63) is 16.1 Å². The van der Waals surface area contributed by atoms with E-state index in [1.165, 1.54) is 0 Å². The highest BCUT2D eigenvalue weighted by Gasteiger charge is 2.36. The van der Waals surface area contributed by atoms with Crippen molar-refractivity contribution in [3.63, 3.8) is 0 Å². The van der Waals surface area contributed by atoms with Crippen LogP contribution in [0, 0.1) is 12.8 Å². The Labute approximate surface area is 129 Å². The molecule has 2 heterocycles. The highest BCUT2D eigenvalue weighted by atomic mass is 32.1. The van der Waals surface area contributed by atoms with Crippen LogP contribution < -0.4 is 5.32 Å². The van der Waals surface area contributed by atoms with Gasteiger partial charge in [0.25, 0.3) is 0 Å². The van der Waals surface area contributed by atoms with E-state index in [2.05, 4.69) is 10.3 Å². The maximum atomic E-state index is 12.8. The van der Waals surface area contributed by atoms with E-state index in [1.54, 1.807) is 16.2 Å². The average Bonchev–Trinajstić information content (AvgIpc) is 2.81. The number of hydrogen-bond acceptors (Lipinski definition) is 4. The molecule has 1 aromatic rings. The zero-order chi connectivity index (χ0) is 15.6. The number of aryl methyl sites for hydroxylation is 1. The zero-order valence-corrected chi connectivity index (χ0v) is 13.9. The molecule has 2 rings (SSSR count). The predicted octanol–water partition coefficient (Wildman–Crippen LogP) is 2.10. The normalized spacial score (nSPS) is 24.7. The fraction of sp³-hybridized carbons (Fsp3) is 0.667. The number of rotatable bonds is 4. The van der Waals surface area contributed by atoms with Gasteiger partial charge >= 0.3 is 0 Å². The standard InChI is InChI=1S/C15H23N3O2S/c1-5-9(2)14-15(20)18(11(4)6-12(19)17-14)7-13-16-10(3)8-21-13/h8-9,11,14H,5-7H2,1-4H3,(H,17,19). The maximum Gasteiger partial charge on any atom is 0.246 e. The second kappa shape index (κ2) is 6.56. The van der Waals surface area contributed by atoms with Gasteiger partial charge < -0.3 is 10.2 Å². The minimum atomic E-state index is -0.423. The Bertz CT molecular complexity index is 529. The average molecular weight is 309 g/mol. The van der Waals surface area contributed by atoms with Crippen LogP contribution in [-0.2, 0) is 16.1 Å². The summed E-state index contributed by atoms with van der Waals surface area (Å²) < 4.78 is 0. The molecule has 1 aromatic heterocycles. The second-order valence-corrected chi connectivity index (χ2v) is 6.78. The van der Waals surface area contributed by atoms with Crippen molar-refractivity contribution in [1.82, 2.24) is 15.2 Å². The van der Waals surface area contributed by atoms with Gasteiger partial charge in [-0.1, -0.05) is 20.3 Å². The van der Waals surface area contributed by atoms with E-state index >= 15 is 0 Å². The van der Waals surface area contributed by atoms with Gasteiger partial charge in [0.1, 0.15) is 11.0 Å². The van der Waals surface area contributed by atoms with Crippen molar-refractivity contribution < 1.29 is 9.59 Å². The van der Waals surface area contributed by atoms with Crippen LogP contribution in [0.3, 0.4) is 0 Å². The van der Waals surface area contributed by atoms with E-state index in [-0.39, 0.29) is 23.8 Å². The smallest absolute Gasteiger partial charge is 0.246 e. The van der Waals surface area contributed by atoms with Crippen molar-refractivity contribution in [2.45, 2.75) is 59.2 Å². The number of amides is 2. The number of hydrogen-bond donors (Lipinski definition) is 1. The quantitative estimate of drug-likeness (QED) is 0.926. The van der Waals surface area contributed by atoms with Crippen molar-refractivity contribution in [1.29, 1.82) is 0 Å². The lowest BCUT2D eigenvalue weighted by Crippen LogP contribution is -2.49. The highest BCUT2D eigenvalue weighted by Crippen LogP contribution is 2.21. The number of nitrogens with zero attached hydrogens (tertiary/aromatic N) is 2. The van der Waals surface area contributed by atoms with E-state index in [1.807, 2.05) is 33.1 Å². The van der Waals surface area contributed by atoms with Gasteiger partial charge in [0, 0.05) is 23.5 Å². The van der Waals surface area contributed by atoms with Crippen LogP contribution in [0.25, 0.3) is 0 Å². The molecule has 0 radical (unpaired) electrons. The Balaban J connectivity index is 2.23. The lowest BCUT2D eigenvalue weighted by atomic mass is 9.98. The Morgan fingerprint density at radius 3 is 2.81 bits per heavy atom. The summed E-state index contributed by atoms with van der Waals surface area (Å²) in [5.41, 5.74) is 0.970. The molecule has 1 N–H and O–H groups in total. The van der Waals surface area contributed by atoms with Crippen molar-refractivity contribution >= 4 is 23.2 Å². The third-order valence-electron chi connectivity index (χ3n) is 4.06. The third-order valence-corrected chi connectivity index (χ3v) is 5.02. The Kier molecular flexibility index (Phi) is 4.98. The lowest BCUT2D eigenvalue weighted by molar-refractivity contribution is -0.136. The highest BCUT2D eigenvalue weighted by molar-refractivity contribution is 7.09. The van der Waals surface area contributed by atoms with E-state index in [0.717, 1.165) is 17.1 Å². The summed E-state index contributed by atoms with van der Waals surface area (Å²) >= 11 is 1.56. The van der Waals surface area contributed by atoms with Gasteiger partial charge in [0.15, 0.2) is 0 Å². The van der Waals surface area contributed by atoms with E-state index in [9.17, 15) is 9.59 Å². The summed E-state index contributed by atoms with van der Waals surface area (Å²) in [4.78, 5) is 31.0. The molecule has 3 unspecified atom stereocenters. The first-order valence-corrected chi connectivity index (χ1v) is 8.31. The van der Waals surface area contributed by atoms with Gasteiger partial charge in [-0.15, -0.1) is 11.3 Å². The first-order valence-electron chi connectivity index (χ1n) is 7.43. The van der Waals surface area contributed by atoms with Gasteiger partial charge in [-0.2, -0.15) is 0 Å². The lowest BCUT2D eigenvalue weighted by Gasteiger charge is -2.29. The first-order chi connectivity index (χ1) is 9.92. The molecule has 1 aliphatic rings. The van der Waals surface area contributed by atoms with Crippen molar-refractivity contribution in [2.75, 3.05) is 0 Å². The number of carbonyl (C=O) groups excluding carboxylic acids is 2.